The van der Waals surface area contributed by atoms with E-state index in [1.54, 1.807) is 4.90 Å². The second kappa shape index (κ2) is 6.20. The summed E-state index contributed by atoms with van der Waals surface area (Å²) in [5.41, 5.74) is 1.85. The molecule has 1 saturated heterocycles. The Morgan fingerprint density at radius 2 is 2.22 bits per heavy atom. The fourth-order valence-electron chi connectivity index (χ4n) is 1.84. The van der Waals surface area contributed by atoms with Crippen molar-refractivity contribution in [3.63, 3.8) is 0 Å². The average Bonchev–Trinajstić information content (AvgIpc) is 2.40. The first-order valence-electron chi connectivity index (χ1n) is 5.84. The second-order valence-electron chi connectivity index (χ2n) is 3.98. The fourth-order valence-corrected chi connectivity index (χ4v) is 1.84. The molecule has 0 aliphatic carbocycles. The summed E-state index contributed by atoms with van der Waals surface area (Å²) in [7, 11) is 0. The molecule has 1 N–H and O–H groups in total. The van der Waals surface area contributed by atoms with Gasteiger partial charge in [0.25, 0.3) is 0 Å². The molecule has 0 spiro atoms. The third-order valence-corrected chi connectivity index (χ3v) is 2.76. The number of hydrogen-bond acceptors (Lipinski definition) is 3. The molecule has 0 atom stereocenters. The van der Waals surface area contributed by atoms with Crippen LogP contribution in [0.2, 0.25) is 0 Å². The van der Waals surface area contributed by atoms with Gasteiger partial charge >= 0.3 is 0 Å². The van der Waals surface area contributed by atoms with Crippen molar-refractivity contribution in [2.75, 3.05) is 26.4 Å². The number of benzene rings is 1. The van der Waals surface area contributed by atoms with Gasteiger partial charge in [-0.25, -0.2) is 0 Å². The molecular weight excluding hydrogens is 230 g/mol. The van der Waals surface area contributed by atoms with Crippen LogP contribution in [-0.2, 0) is 16.1 Å². The Balaban J connectivity index is 2.15. The lowest BCUT2D eigenvalue weighted by Gasteiger charge is -2.27. The average molecular weight is 245 g/mol. The Morgan fingerprint density at radius 1 is 1.39 bits per heavy atom. The zero-order valence-corrected chi connectivity index (χ0v) is 10.1. The van der Waals surface area contributed by atoms with Crippen LogP contribution in [0, 0.1) is 11.8 Å². The van der Waals surface area contributed by atoms with Crippen molar-refractivity contribution in [1.29, 1.82) is 0 Å². The van der Waals surface area contributed by atoms with Crippen molar-refractivity contribution in [1.82, 2.24) is 4.90 Å². The predicted octanol–water partition coefficient (Wildman–Crippen LogP) is 0.389. The van der Waals surface area contributed by atoms with Gasteiger partial charge in [-0.05, 0) is 11.6 Å². The van der Waals surface area contributed by atoms with Crippen molar-refractivity contribution in [2.24, 2.45) is 0 Å². The molecule has 0 bridgehead atoms. The molecule has 94 valence electrons. The maximum absolute atomic E-state index is 11.6. The topological polar surface area (TPSA) is 49.8 Å². The highest BCUT2D eigenvalue weighted by Crippen LogP contribution is 2.12. The van der Waals surface area contributed by atoms with Crippen LogP contribution in [0.25, 0.3) is 0 Å². The normalized spacial score (nSPS) is 15.2. The number of carbonyl (C=O) groups is 1. The molecule has 1 aromatic carbocycles. The van der Waals surface area contributed by atoms with E-state index in [0.29, 0.717) is 19.7 Å². The molecule has 1 heterocycles. The largest absolute Gasteiger partial charge is 0.384 e. The summed E-state index contributed by atoms with van der Waals surface area (Å²) in [6.45, 7) is 1.73. The molecule has 1 aliphatic rings. The summed E-state index contributed by atoms with van der Waals surface area (Å²) in [5.74, 6) is 5.53. The number of carbonyl (C=O) groups excluding carboxylic acids is 1. The van der Waals surface area contributed by atoms with Crippen molar-refractivity contribution in [3.8, 4) is 11.8 Å². The van der Waals surface area contributed by atoms with Crippen LogP contribution in [-0.4, -0.2) is 42.3 Å². The summed E-state index contributed by atoms with van der Waals surface area (Å²) in [5, 5.41) is 8.73. The van der Waals surface area contributed by atoms with Gasteiger partial charge < -0.3 is 14.7 Å². The molecule has 0 unspecified atom stereocenters. The molecule has 18 heavy (non-hydrogen) atoms. The number of morpholine rings is 1. The maximum Gasteiger partial charge on any atom is 0.248 e. The minimum Gasteiger partial charge on any atom is -0.384 e. The van der Waals surface area contributed by atoms with Crippen molar-refractivity contribution >= 4 is 5.91 Å². The van der Waals surface area contributed by atoms with E-state index in [1.807, 2.05) is 24.3 Å². The van der Waals surface area contributed by atoms with Gasteiger partial charge in [-0.15, -0.1) is 0 Å². The standard InChI is InChI=1S/C14H15NO3/c16-8-3-6-12-4-1-2-5-13(12)10-15-7-9-18-11-14(15)17/h1-2,4-5,16H,7-11H2. The summed E-state index contributed by atoms with van der Waals surface area (Å²) < 4.78 is 5.09. The van der Waals surface area contributed by atoms with Gasteiger partial charge in [-0.3, -0.25) is 4.79 Å². The van der Waals surface area contributed by atoms with Crippen LogP contribution in [0.4, 0.5) is 0 Å². The first-order valence-corrected chi connectivity index (χ1v) is 5.84. The minimum absolute atomic E-state index is 0.00571. The highest BCUT2D eigenvalue weighted by Gasteiger charge is 2.19. The first-order chi connectivity index (χ1) is 8.81. The number of ether oxygens (including phenoxy) is 1. The Hall–Kier alpha value is -1.83. The Bertz CT molecular complexity index is 487. The number of rotatable bonds is 2. The highest BCUT2D eigenvalue weighted by atomic mass is 16.5. The molecule has 0 saturated carbocycles. The van der Waals surface area contributed by atoms with Gasteiger partial charge in [0, 0.05) is 18.7 Å². The number of aliphatic hydroxyl groups excluding tert-OH is 1. The van der Waals surface area contributed by atoms with E-state index in [0.717, 1.165) is 11.1 Å². The number of amides is 1. The smallest absolute Gasteiger partial charge is 0.248 e. The molecule has 2 rings (SSSR count). The van der Waals surface area contributed by atoms with E-state index < -0.39 is 0 Å². The van der Waals surface area contributed by atoms with Gasteiger partial charge in [0.05, 0.1) is 6.61 Å². The minimum atomic E-state index is -0.162. The van der Waals surface area contributed by atoms with E-state index in [-0.39, 0.29) is 19.1 Å². The highest BCUT2D eigenvalue weighted by molar-refractivity contribution is 5.78. The van der Waals surface area contributed by atoms with E-state index >= 15 is 0 Å². The molecule has 4 heteroatoms. The van der Waals surface area contributed by atoms with Gasteiger partial charge in [0.15, 0.2) is 0 Å². The van der Waals surface area contributed by atoms with Gasteiger partial charge in [-0.1, -0.05) is 30.0 Å². The first kappa shape index (κ1) is 12.6. The van der Waals surface area contributed by atoms with Crippen LogP contribution >= 0.6 is 0 Å². The fraction of sp³-hybridized carbons (Fsp3) is 0.357. The van der Waals surface area contributed by atoms with Crippen LogP contribution in [0.3, 0.4) is 0 Å². The second-order valence-corrected chi connectivity index (χ2v) is 3.98. The lowest BCUT2D eigenvalue weighted by Crippen LogP contribution is -2.41. The van der Waals surface area contributed by atoms with E-state index in [4.69, 9.17) is 9.84 Å². The van der Waals surface area contributed by atoms with Crippen molar-refractivity contribution < 1.29 is 14.6 Å². The van der Waals surface area contributed by atoms with E-state index in [1.165, 1.54) is 0 Å². The van der Waals surface area contributed by atoms with Crippen LogP contribution in [0.5, 0.6) is 0 Å². The van der Waals surface area contributed by atoms with Crippen LogP contribution in [0.15, 0.2) is 24.3 Å². The molecule has 4 nitrogen and oxygen atoms in total. The summed E-state index contributed by atoms with van der Waals surface area (Å²) >= 11 is 0. The van der Waals surface area contributed by atoms with E-state index in [9.17, 15) is 4.79 Å². The molecule has 1 fully saturated rings. The number of aliphatic hydroxyl groups is 1. The van der Waals surface area contributed by atoms with Crippen molar-refractivity contribution in [2.45, 2.75) is 6.54 Å². The molecule has 1 amide bonds. The molecular formula is C14H15NO3. The molecule has 0 radical (unpaired) electrons. The lowest BCUT2D eigenvalue weighted by molar-refractivity contribution is -0.143. The van der Waals surface area contributed by atoms with Gasteiger partial charge in [0.2, 0.25) is 5.91 Å². The summed E-state index contributed by atoms with van der Waals surface area (Å²) in [4.78, 5) is 13.4. The zero-order valence-electron chi connectivity index (χ0n) is 10.1. The quantitative estimate of drug-likeness (QED) is 0.767. The van der Waals surface area contributed by atoms with Gasteiger partial charge in [-0.2, -0.15) is 0 Å². The SMILES string of the molecule is O=C1COCCN1Cc1ccccc1C#CCO. The number of nitrogens with zero attached hydrogens (tertiary/aromatic N) is 1. The Labute approximate surface area is 106 Å². The monoisotopic (exact) mass is 245 g/mol. The summed E-state index contributed by atoms with van der Waals surface area (Å²) in [6.07, 6.45) is 0. The maximum atomic E-state index is 11.6. The Morgan fingerprint density at radius 3 is 3.00 bits per heavy atom. The Kier molecular flexibility index (Phi) is 4.35. The molecule has 0 aromatic heterocycles. The van der Waals surface area contributed by atoms with Crippen LogP contribution in [0.1, 0.15) is 11.1 Å². The number of hydrogen-bond donors (Lipinski definition) is 1. The molecule has 1 aliphatic heterocycles. The van der Waals surface area contributed by atoms with Crippen LogP contribution < -0.4 is 0 Å². The summed E-state index contributed by atoms with van der Waals surface area (Å²) in [6, 6.07) is 7.66. The molecule has 1 aromatic rings. The van der Waals surface area contributed by atoms with Gasteiger partial charge in [0.1, 0.15) is 13.2 Å². The third-order valence-electron chi connectivity index (χ3n) is 2.76. The zero-order chi connectivity index (χ0) is 12.8. The predicted molar refractivity (Wildman–Crippen MR) is 66.6 cm³/mol. The van der Waals surface area contributed by atoms with Crippen molar-refractivity contribution in [3.05, 3.63) is 35.4 Å². The lowest BCUT2D eigenvalue weighted by atomic mass is 10.1. The third kappa shape index (κ3) is 3.10. The van der Waals surface area contributed by atoms with E-state index in [2.05, 4.69) is 11.8 Å².